The van der Waals surface area contributed by atoms with Crippen LogP contribution in [0.1, 0.15) is 13.3 Å². The van der Waals surface area contributed by atoms with Crippen LogP contribution in [-0.2, 0) is 4.57 Å². The lowest BCUT2D eigenvalue weighted by Crippen LogP contribution is -2.21. The Morgan fingerprint density at radius 2 is 1.36 bits per heavy atom. The standard InChI is InChI=1S/C15H15N6O3P/c1-2-11-25(22,23-20-14-9-5-3-7-12(14)16-18-20)24-21-15-10-6-4-8-13(15)17-19-21/h3-10H,2,11H2,1H3. The van der Waals surface area contributed by atoms with Crippen LogP contribution in [0.2, 0.25) is 0 Å². The smallest absolute Gasteiger partial charge is 0.302 e. The molecule has 0 spiro atoms. The summed E-state index contributed by atoms with van der Waals surface area (Å²) in [7, 11) is -3.58. The first-order chi connectivity index (χ1) is 12.2. The first-order valence-corrected chi connectivity index (χ1v) is 9.51. The summed E-state index contributed by atoms with van der Waals surface area (Å²) in [5.41, 5.74) is 2.48. The number of aromatic nitrogens is 6. The van der Waals surface area contributed by atoms with Crippen molar-refractivity contribution in [3.63, 3.8) is 0 Å². The molecule has 0 amide bonds. The maximum Gasteiger partial charge on any atom is 0.470 e. The highest BCUT2D eigenvalue weighted by Crippen LogP contribution is 2.42. The quantitative estimate of drug-likeness (QED) is 0.488. The van der Waals surface area contributed by atoms with Gasteiger partial charge in [0.05, 0.1) is 6.16 Å². The first kappa shape index (κ1) is 15.6. The molecule has 0 aliphatic heterocycles. The lowest BCUT2D eigenvalue weighted by atomic mass is 10.3. The fraction of sp³-hybridized carbons (Fsp3) is 0.200. The van der Waals surface area contributed by atoms with Crippen LogP contribution in [0.15, 0.2) is 48.5 Å². The van der Waals surface area contributed by atoms with E-state index >= 15 is 0 Å². The van der Waals surface area contributed by atoms with Crippen LogP contribution in [0.4, 0.5) is 0 Å². The molecule has 25 heavy (non-hydrogen) atoms. The Bertz CT molecular complexity index is 995. The van der Waals surface area contributed by atoms with Crippen molar-refractivity contribution < 1.29 is 13.8 Å². The van der Waals surface area contributed by atoms with Crippen molar-refractivity contribution in [3.8, 4) is 0 Å². The molecule has 0 atom stereocenters. The van der Waals surface area contributed by atoms with E-state index in [1.54, 1.807) is 24.3 Å². The number of nitrogens with zero attached hydrogens (tertiary/aromatic N) is 6. The monoisotopic (exact) mass is 358 g/mol. The minimum Gasteiger partial charge on any atom is -0.302 e. The zero-order valence-corrected chi connectivity index (χ0v) is 14.3. The van der Waals surface area contributed by atoms with Gasteiger partial charge in [0.25, 0.3) is 0 Å². The van der Waals surface area contributed by atoms with Gasteiger partial charge in [0, 0.05) is 0 Å². The van der Waals surface area contributed by atoms with Gasteiger partial charge in [-0.2, -0.15) is 0 Å². The predicted molar refractivity (Wildman–Crippen MR) is 91.0 cm³/mol. The van der Waals surface area contributed by atoms with Gasteiger partial charge in [-0.3, -0.25) is 0 Å². The summed E-state index contributed by atoms with van der Waals surface area (Å²) < 4.78 is 24.4. The lowest BCUT2D eigenvalue weighted by Gasteiger charge is -2.17. The van der Waals surface area contributed by atoms with Crippen LogP contribution in [0.25, 0.3) is 22.1 Å². The van der Waals surface area contributed by atoms with E-state index in [9.17, 15) is 4.57 Å². The highest BCUT2D eigenvalue weighted by Gasteiger charge is 2.31. The lowest BCUT2D eigenvalue weighted by molar-refractivity contribution is 0.146. The van der Waals surface area contributed by atoms with Gasteiger partial charge in [-0.05, 0) is 41.1 Å². The molecule has 9 nitrogen and oxygen atoms in total. The number of fused-ring (bicyclic) bond motifs is 2. The molecule has 0 bridgehead atoms. The number of rotatable bonds is 6. The van der Waals surface area contributed by atoms with Crippen LogP contribution in [-0.4, -0.2) is 36.5 Å². The second-order valence-electron chi connectivity index (χ2n) is 5.40. The van der Waals surface area contributed by atoms with Gasteiger partial charge >= 0.3 is 7.60 Å². The van der Waals surface area contributed by atoms with Crippen molar-refractivity contribution in [1.29, 1.82) is 0 Å². The Balaban J connectivity index is 1.68. The molecule has 128 valence electrons. The van der Waals surface area contributed by atoms with Crippen molar-refractivity contribution in [1.82, 2.24) is 30.3 Å². The maximum atomic E-state index is 13.2. The Hall–Kier alpha value is -2.93. The molecule has 2 aromatic carbocycles. The summed E-state index contributed by atoms with van der Waals surface area (Å²) in [6.07, 6.45) is 0.784. The van der Waals surface area contributed by atoms with E-state index < -0.39 is 7.60 Å². The molecule has 0 saturated heterocycles. The molecule has 0 fully saturated rings. The molecular weight excluding hydrogens is 343 g/mol. The normalized spacial score (nSPS) is 11.9. The number of benzene rings is 2. The highest BCUT2D eigenvalue weighted by molar-refractivity contribution is 7.54. The van der Waals surface area contributed by atoms with Gasteiger partial charge in [0.15, 0.2) is 0 Å². The number of hydrogen-bond acceptors (Lipinski definition) is 7. The molecule has 0 N–H and O–H groups in total. The Morgan fingerprint density at radius 1 is 0.880 bits per heavy atom. The summed E-state index contributed by atoms with van der Waals surface area (Å²) >= 11 is 0. The molecule has 0 aliphatic rings. The fourth-order valence-electron chi connectivity index (χ4n) is 2.42. The average Bonchev–Trinajstić information content (AvgIpc) is 3.20. The fourth-order valence-corrected chi connectivity index (χ4v) is 3.88. The predicted octanol–water partition coefficient (Wildman–Crippen LogP) is 2.34. The molecule has 0 unspecified atom stereocenters. The van der Waals surface area contributed by atoms with E-state index in [4.69, 9.17) is 9.25 Å². The van der Waals surface area contributed by atoms with Gasteiger partial charge in [-0.1, -0.05) is 40.9 Å². The topological polar surface area (TPSA) is 97.0 Å². The van der Waals surface area contributed by atoms with Crippen molar-refractivity contribution in [2.45, 2.75) is 13.3 Å². The summed E-state index contributed by atoms with van der Waals surface area (Å²) in [6, 6.07) is 14.4. The minimum atomic E-state index is -3.58. The second kappa shape index (κ2) is 6.18. The molecular formula is C15H15N6O3P. The summed E-state index contributed by atoms with van der Waals surface area (Å²) in [4.78, 5) is 2.26. The Labute approximate surface area is 142 Å². The van der Waals surface area contributed by atoms with Crippen LogP contribution < -0.4 is 9.25 Å². The van der Waals surface area contributed by atoms with E-state index in [1.165, 1.54) is 0 Å². The van der Waals surface area contributed by atoms with Crippen LogP contribution >= 0.6 is 7.60 Å². The van der Waals surface area contributed by atoms with Gasteiger partial charge in [-0.25, -0.2) is 4.57 Å². The third-order valence-corrected chi connectivity index (χ3v) is 5.35. The summed E-state index contributed by atoms with van der Waals surface area (Å²) in [6.45, 7) is 1.89. The average molecular weight is 358 g/mol. The van der Waals surface area contributed by atoms with Crippen LogP contribution in [0.3, 0.4) is 0 Å². The van der Waals surface area contributed by atoms with E-state index in [0.29, 0.717) is 28.5 Å². The van der Waals surface area contributed by atoms with Crippen molar-refractivity contribution in [2.75, 3.05) is 6.16 Å². The summed E-state index contributed by atoms with van der Waals surface area (Å²) in [5, 5.41) is 15.8. The molecule has 2 heterocycles. The van der Waals surface area contributed by atoms with E-state index in [-0.39, 0.29) is 6.16 Å². The minimum absolute atomic E-state index is 0.190. The molecule has 0 saturated carbocycles. The van der Waals surface area contributed by atoms with Gasteiger partial charge < -0.3 is 9.25 Å². The van der Waals surface area contributed by atoms with E-state index in [0.717, 1.165) is 9.69 Å². The number of para-hydroxylation sites is 2. The van der Waals surface area contributed by atoms with Gasteiger partial charge in [0.1, 0.15) is 22.1 Å². The van der Waals surface area contributed by atoms with Crippen molar-refractivity contribution >= 4 is 29.7 Å². The maximum absolute atomic E-state index is 13.2. The first-order valence-electron chi connectivity index (χ1n) is 7.79. The SMILES string of the molecule is CCCP(=O)(On1nnc2ccccc21)On1nnc2ccccc21. The Morgan fingerprint density at radius 3 is 1.84 bits per heavy atom. The molecule has 4 rings (SSSR count). The Kier molecular flexibility index (Phi) is 3.85. The third kappa shape index (κ3) is 2.94. The molecule has 2 aromatic heterocycles. The highest BCUT2D eigenvalue weighted by atomic mass is 31.2. The largest absolute Gasteiger partial charge is 0.470 e. The molecule has 0 aliphatic carbocycles. The molecule has 10 heteroatoms. The molecule has 4 aromatic rings. The number of hydrogen-bond donors (Lipinski definition) is 0. The zero-order valence-electron chi connectivity index (χ0n) is 13.4. The van der Waals surface area contributed by atoms with Crippen LogP contribution in [0, 0.1) is 0 Å². The van der Waals surface area contributed by atoms with E-state index in [2.05, 4.69) is 20.6 Å². The van der Waals surface area contributed by atoms with Gasteiger partial charge in [0.2, 0.25) is 0 Å². The van der Waals surface area contributed by atoms with E-state index in [1.807, 2.05) is 31.2 Å². The molecule has 0 radical (unpaired) electrons. The third-order valence-electron chi connectivity index (χ3n) is 3.54. The van der Waals surface area contributed by atoms with Gasteiger partial charge in [-0.15, -0.1) is 10.2 Å². The van der Waals surface area contributed by atoms with Crippen molar-refractivity contribution in [3.05, 3.63) is 48.5 Å². The van der Waals surface area contributed by atoms with Crippen molar-refractivity contribution in [2.24, 2.45) is 0 Å². The van der Waals surface area contributed by atoms with Crippen LogP contribution in [0.5, 0.6) is 0 Å². The second-order valence-corrected chi connectivity index (χ2v) is 7.40. The summed E-state index contributed by atoms with van der Waals surface area (Å²) in [5.74, 6) is 0. The zero-order chi connectivity index (χ0) is 17.3.